The third-order valence-electron chi connectivity index (χ3n) is 4.96. The zero-order valence-corrected chi connectivity index (χ0v) is 17.8. The summed E-state index contributed by atoms with van der Waals surface area (Å²) < 4.78 is 6.58. The lowest BCUT2D eigenvalue weighted by molar-refractivity contribution is 0.0715. The molecule has 1 saturated heterocycles. The molecule has 0 bridgehead atoms. The maximum absolute atomic E-state index is 12.0. The van der Waals surface area contributed by atoms with Crippen LogP contribution in [-0.4, -0.2) is 68.4 Å². The number of aromatic hydroxyl groups is 1. The Labute approximate surface area is 177 Å². The van der Waals surface area contributed by atoms with Crippen LogP contribution in [0.4, 0.5) is 4.79 Å². The Balaban J connectivity index is 1.69. The minimum Gasteiger partial charge on any atom is -0.492 e. The fraction of sp³-hybridized carbons (Fsp3) is 0.421. The monoisotopic (exact) mass is 435 g/mol. The molecule has 1 N–H and O–H groups in total. The third-order valence-corrected chi connectivity index (χ3v) is 6.38. The maximum Gasteiger partial charge on any atom is 0.409 e. The second-order valence-corrected chi connectivity index (χ2v) is 8.21. The smallest absolute Gasteiger partial charge is 0.409 e. The normalized spacial score (nSPS) is 16.3. The molecule has 1 aliphatic rings. The molecule has 1 atom stereocenters. The summed E-state index contributed by atoms with van der Waals surface area (Å²) in [6, 6.07) is 7.36. The third kappa shape index (κ3) is 3.77. The number of hydrogen-bond acceptors (Lipinski definition) is 7. The van der Waals surface area contributed by atoms with Gasteiger partial charge in [-0.1, -0.05) is 41.1 Å². The molecule has 8 nitrogen and oxygen atoms in total. The highest BCUT2D eigenvalue weighted by atomic mass is 35.5. The van der Waals surface area contributed by atoms with Gasteiger partial charge >= 0.3 is 6.09 Å². The maximum atomic E-state index is 12.0. The second-order valence-electron chi connectivity index (χ2n) is 6.79. The number of rotatable bonds is 4. The molecule has 2 aromatic heterocycles. The number of hydrogen-bond donors (Lipinski definition) is 1. The summed E-state index contributed by atoms with van der Waals surface area (Å²) in [5.74, 6) is 0.679. The van der Waals surface area contributed by atoms with Crippen LogP contribution < -0.4 is 0 Å². The summed E-state index contributed by atoms with van der Waals surface area (Å²) in [5, 5.41) is 15.8. The zero-order valence-electron chi connectivity index (χ0n) is 16.2. The van der Waals surface area contributed by atoms with Crippen molar-refractivity contribution in [2.45, 2.75) is 19.9 Å². The van der Waals surface area contributed by atoms with Crippen LogP contribution in [0.5, 0.6) is 5.88 Å². The highest BCUT2D eigenvalue weighted by Gasteiger charge is 2.33. The largest absolute Gasteiger partial charge is 0.492 e. The van der Waals surface area contributed by atoms with Gasteiger partial charge in [-0.2, -0.15) is 4.52 Å². The molecule has 0 spiro atoms. The number of piperazine rings is 1. The highest BCUT2D eigenvalue weighted by molar-refractivity contribution is 7.17. The SMILES string of the molecule is CCOC(=O)N1CCN(C(c2ccccc2Cl)c2sc3nc(C)nn3c2O)CC1. The van der Waals surface area contributed by atoms with Crippen molar-refractivity contribution >= 4 is 34.0 Å². The van der Waals surface area contributed by atoms with E-state index < -0.39 is 0 Å². The Bertz CT molecular complexity index is 1030. The lowest BCUT2D eigenvalue weighted by Gasteiger charge is -2.38. The molecular formula is C19H22ClN5O3S. The molecule has 3 aromatic rings. The summed E-state index contributed by atoms with van der Waals surface area (Å²) in [4.78, 5) is 21.7. The number of halogens is 1. The van der Waals surface area contributed by atoms with E-state index in [-0.39, 0.29) is 18.0 Å². The van der Waals surface area contributed by atoms with Crippen molar-refractivity contribution in [2.75, 3.05) is 32.8 Å². The molecule has 1 fully saturated rings. The van der Waals surface area contributed by atoms with Crippen LogP contribution in [0.1, 0.15) is 29.2 Å². The first-order valence-electron chi connectivity index (χ1n) is 9.44. The number of thiazole rings is 1. The Hall–Kier alpha value is -2.36. The van der Waals surface area contributed by atoms with Gasteiger partial charge in [0.1, 0.15) is 5.82 Å². The molecule has 0 aliphatic carbocycles. The van der Waals surface area contributed by atoms with Crippen molar-refractivity contribution in [1.82, 2.24) is 24.4 Å². The Morgan fingerprint density at radius 3 is 2.69 bits per heavy atom. The molecule has 1 aliphatic heterocycles. The van der Waals surface area contributed by atoms with Crippen molar-refractivity contribution in [3.05, 3.63) is 45.6 Å². The first-order valence-corrected chi connectivity index (χ1v) is 10.6. The van der Waals surface area contributed by atoms with Gasteiger partial charge < -0.3 is 14.7 Å². The molecule has 3 heterocycles. The van der Waals surface area contributed by atoms with E-state index in [0.717, 1.165) is 10.4 Å². The van der Waals surface area contributed by atoms with Crippen LogP contribution >= 0.6 is 22.9 Å². The second kappa shape index (κ2) is 8.17. The molecule has 10 heteroatoms. The van der Waals surface area contributed by atoms with Gasteiger partial charge in [-0.15, -0.1) is 5.10 Å². The molecule has 0 saturated carbocycles. The topological polar surface area (TPSA) is 83.2 Å². The van der Waals surface area contributed by atoms with E-state index in [4.69, 9.17) is 16.3 Å². The Morgan fingerprint density at radius 1 is 1.31 bits per heavy atom. The van der Waals surface area contributed by atoms with E-state index in [1.807, 2.05) is 24.3 Å². The number of benzene rings is 1. The molecule has 0 radical (unpaired) electrons. The standard InChI is InChI=1S/C19H22ClN5O3S/c1-3-28-19(27)24-10-8-23(9-11-24)15(13-6-4-5-7-14(13)20)16-17(26)25-18(29-16)21-12(2)22-25/h4-7,15,26H,3,8-11H2,1-2H3. The van der Waals surface area contributed by atoms with Gasteiger partial charge in [0.25, 0.3) is 0 Å². The molecule has 154 valence electrons. The van der Waals surface area contributed by atoms with Crippen LogP contribution in [-0.2, 0) is 4.74 Å². The fourth-order valence-electron chi connectivity index (χ4n) is 3.60. The average molecular weight is 436 g/mol. The van der Waals surface area contributed by atoms with Gasteiger partial charge in [-0.3, -0.25) is 4.90 Å². The minimum atomic E-state index is -0.293. The predicted molar refractivity (Wildman–Crippen MR) is 111 cm³/mol. The molecular weight excluding hydrogens is 414 g/mol. The number of carbonyl (C=O) groups excluding carboxylic acids is 1. The lowest BCUT2D eigenvalue weighted by Crippen LogP contribution is -2.50. The highest BCUT2D eigenvalue weighted by Crippen LogP contribution is 2.42. The molecule has 1 aromatic carbocycles. The minimum absolute atomic E-state index is 0.0725. The molecule has 1 amide bonds. The van der Waals surface area contributed by atoms with E-state index >= 15 is 0 Å². The molecule has 1 unspecified atom stereocenters. The van der Waals surface area contributed by atoms with Gasteiger partial charge in [0.15, 0.2) is 0 Å². The van der Waals surface area contributed by atoms with E-state index in [0.29, 0.717) is 48.6 Å². The van der Waals surface area contributed by atoms with Crippen molar-refractivity contribution in [2.24, 2.45) is 0 Å². The predicted octanol–water partition coefficient (Wildman–Crippen LogP) is 3.32. The summed E-state index contributed by atoms with van der Waals surface area (Å²) in [7, 11) is 0. The number of nitrogens with zero attached hydrogens (tertiary/aromatic N) is 5. The number of aryl methyl sites for hydroxylation is 1. The van der Waals surface area contributed by atoms with Gasteiger partial charge in [0.05, 0.1) is 17.5 Å². The van der Waals surface area contributed by atoms with Crippen LogP contribution in [0.2, 0.25) is 5.02 Å². The zero-order chi connectivity index (χ0) is 20.5. The first-order chi connectivity index (χ1) is 14.0. The summed E-state index contributed by atoms with van der Waals surface area (Å²) >= 11 is 7.93. The fourth-order valence-corrected chi connectivity index (χ4v) is 5.00. The van der Waals surface area contributed by atoms with E-state index in [2.05, 4.69) is 15.0 Å². The number of aromatic nitrogens is 3. The van der Waals surface area contributed by atoms with Crippen LogP contribution in [0, 0.1) is 6.92 Å². The Morgan fingerprint density at radius 2 is 2.03 bits per heavy atom. The summed E-state index contributed by atoms with van der Waals surface area (Å²) in [6.07, 6.45) is -0.293. The van der Waals surface area contributed by atoms with Crippen LogP contribution in [0.25, 0.3) is 4.96 Å². The van der Waals surface area contributed by atoms with Crippen LogP contribution in [0.3, 0.4) is 0 Å². The summed E-state index contributed by atoms with van der Waals surface area (Å²) in [5.41, 5.74) is 0.898. The first kappa shape index (κ1) is 19.9. The van der Waals surface area contributed by atoms with Crippen molar-refractivity contribution < 1.29 is 14.6 Å². The van der Waals surface area contributed by atoms with Gasteiger partial charge in [-0.05, 0) is 25.5 Å². The molecule has 29 heavy (non-hydrogen) atoms. The summed E-state index contributed by atoms with van der Waals surface area (Å²) in [6.45, 7) is 6.28. The van der Waals surface area contributed by atoms with Crippen molar-refractivity contribution in [1.29, 1.82) is 0 Å². The average Bonchev–Trinajstić information content (AvgIpc) is 3.22. The number of amides is 1. The van der Waals surface area contributed by atoms with Crippen LogP contribution in [0.15, 0.2) is 24.3 Å². The number of fused-ring (bicyclic) bond motifs is 1. The van der Waals surface area contributed by atoms with E-state index in [1.54, 1.807) is 18.7 Å². The number of carbonyl (C=O) groups is 1. The van der Waals surface area contributed by atoms with Crippen molar-refractivity contribution in [3.8, 4) is 5.88 Å². The van der Waals surface area contributed by atoms with Gasteiger partial charge in [-0.25, -0.2) is 9.78 Å². The van der Waals surface area contributed by atoms with E-state index in [9.17, 15) is 9.90 Å². The van der Waals surface area contributed by atoms with E-state index in [1.165, 1.54) is 15.9 Å². The van der Waals surface area contributed by atoms with Gasteiger partial charge in [0, 0.05) is 31.2 Å². The lowest BCUT2D eigenvalue weighted by atomic mass is 10.0. The molecule has 4 rings (SSSR count). The Kier molecular flexibility index (Phi) is 5.62. The van der Waals surface area contributed by atoms with Crippen molar-refractivity contribution in [3.63, 3.8) is 0 Å². The van der Waals surface area contributed by atoms with Gasteiger partial charge in [0.2, 0.25) is 10.8 Å². The number of ether oxygens (including phenoxy) is 1. The quantitative estimate of drug-likeness (QED) is 0.676.